The molecule has 3 saturated carbocycles. The Bertz CT molecular complexity index is 650. The molecule has 1 aliphatic heterocycles. The van der Waals surface area contributed by atoms with Gasteiger partial charge in [0.25, 0.3) is 0 Å². The minimum absolute atomic E-state index is 0.0684. The number of fused-ring (bicyclic) bond motifs is 6. The normalized spacial score (nSPS) is 46.6. The highest BCUT2D eigenvalue weighted by molar-refractivity contribution is 14.1. The van der Waals surface area contributed by atoms with Crippen molar-refractivity contribution in [2.24, 2.45) is 40.9 Å². The number of hydrogen-bond acceptors (Lipinski definition) is 3. The lowest BCUT2D eigenvalue weighted by Gasteiger charge is -2.53. The van der Waals surface area contributed by atoms with Gasteiger partial charge in [0.2, 0.25) is 0 Å². The predicted octanol–water partition coefficient (Wildman–Crippen LogP) is 7.54. The Balaban J connectivity index is 1.53. The number of Topliss-reactive ketones (excluding diaryl/α,β-unsaturated/α-hetero) is 1. The van der Waals surface area contributed by atoms with Crippen molar-refractivity contribution in [1.29, 1.82) is 0 Å². The molecule has 1 heterocycles. The van der Waals surface area contributed by atoms with Gasteiger partial charge in [-0.05, 0) is 80.0 Å². The molecule has 3 aliphatic carbocycles. The van der Waals surface area contributed by atoms with Crippen LogP contribution in [0.3, 0.4) is 0 Å². The van der Waals surface area contributed by atoms with E-state index in [4.69, 9.17) is 9.78 Å². The molecule has 4 aliphatic rings. The first-order valence-corrected chi connectivity index (χ1v) is 14.4. The van der Waals surface area contributed by atoms with E-state index < -0.39 is 0 Å². The molecule has 0 radical (unpaired) electrons. The maximum absolute atomic E-state index is 12.8. The van der Waals surface area contributed by atoms with Gasteiger partial charge in [0.1, 0.15) is 17.5 Å². The number of rotatable bonds is 5. The Morgan fingerprint density at radius 1 is 1.06 bits per heavy atom. The second-order valence-corrected chi connectivity index (χ2v) is 14.0. The maximum atomic E-state index is 12.8. The fraction of sp³-hybridized carbons (Fsp3) is 0.963. The van der Waals surface area contributed by atoms with Crippen LogP contribution in [0.2, 0.25) is 0 Å². The smallest absolute Gasteiger partial charge is 0.134 e. The zero-order valence-corrected chi connectivity index (χ0v) is 22.7. The van der Waals surface area contributed by atoms with Gasteiger partial charge in [-0.25, -0.2) is 9.78 Å². The predicted molar refractivity (Wildman–Crippen MR) is 134 cm³/mol. The maximum Gasteiger partial charge on any atom is 0.134 e. The van der Waals surface area contributed by atoms with E-state index in [0.717, 1.165) is 42.9 Å². The van der Waals surface area contributed by atoms with E-state index in [1.165, 1.54) is 44.9 Å². The van der Waals surface area contributed by atoms with Crippen LogP contribution in [0.5, 0.6) is 0 Å². The molecule has 178 valence electrons. The summed E-state index contributed by atoms with van der Waals surface area (Å²) in [4.78, 5) is 24.7. The van der Waals surface area contributed by atoms with Gasteiger partial charge in [-0.2, -0.15) is 0 Å². The van der Waals surface area contributed by atoms with Gasteiger partial charge in [0.15, 0.2) is 0 Å². The Morgan fingerprint density at radius 2 is 1.84 bits per heavy atom. The molecule has 4 fully saturated rings. The Labute approximate surface area is 204 Å². The average molecular weight is 545 g/mol. The van der Waals surface area contributed by atoms with Gasteiger partial charge in [0, 0.05) is 23.2 Å². The van der Waals surface area contributed by atoms with E-state index in [2.05, 4.69) is 57.2 Å². The molecular formula is C27H45IO3. The van der Waals surface area contributed by atoms with Gasteiger partial charge < -0.3 is 0 Å². The van der Waals surface area contributed by atoms with Gasteiger partial charge in [-0.3, -0.25) is 4.79 Å². The number of hydrogen-bond donors (Lipinski definition) is 0. The van der Waals surface area contributed by atoms with Crippen LogP contribution in [0.1, 0.15) is 105 Å². The molecule has 0 unspecified atom stereocenters. The van der Waals surface area contributed by atoms with Crippen molar-refractivity contribution in [1.82, 2.24) is 0 Å². The molecule has 31 heavy (non-hydrogen) atoms. The van der Waals surface area contributed by atoms with Crippen molar-refractivity contribution in [3.8, 4) is 0 Å². The van der Waals surface area contributed by atoms with Crippen molar-refractivity contribution in [2.45, 2.75) is 121 Å². The van der Waals surface area contributed by atoms with Gasteiger partial charge in [-0.1, -0.05) is 69.5 Å². The van der Waals surface area contributed by atoms with Crippen molar-refractivity contribution >= 4 is 28.4 Å². The lowest BCUT2D eigenvalue weighted by Crippen LogP contribution is -2.50. The molecule has 4 rings (SSSR count). The molecule has 0 aromatic rings. The molecule has 0 aromatic heterocycles. The summed E-state index contributed by atoms with van der Waals surface area (Å²) in [5.74, 6) is 4.78. The molecule has 9 atom stereocenters. The molecule has 0 aromatic carbocycles. The van der Waals surface area contributed by atoms with Crippen LogP contribution in [0.4, 0.5) is 0 Å². The first-order chi connectivity index (χ1) is 14.6. The van der Waals surface area contributed by atoms with E-state index in [1.807, 2.05) is 0 Å². The quantitative estimate of drug-likeness (QED) is 0.204. The highest BCUT2D eigenvalue weighted by atomic mass is 127. The monoisotopic (exact) mass is 544 g/mol. The second kappa shape index (κ2) is 9.52. The van der Waals surface area contributed by atoms with E-state index in [1.54, 1.807) is 0 Å². The third-order valence-corrected chi connectivity index (χ3v) is 11.2. The van der Waals surface area contributed by atoms with Crippen LogP contribution in [-0.2, 0) is 14.6 Å². The fourth-order valence-corrected chi connectivity index (χ4v) is 9.16. The standard InChI is InChI=1S/C27H45IO3/c1-17(2)7-6-8-18(3)21-11-12-22-20-10-9-19(29)15-24(28)25-16-27(5,31-30-25)23(20)13-14-26(21,22)4/h17-18,20-25H,6-16H2,1-5H3/t18-,20+,21-,22+,23+,24+,25-,26-,27-/m1/s1. The van der Waals surface area contributed by atoms with Gasteiger partial charge >= 0.3 is 0 Å². The van der Waals surface area contributed by atoms with E-state index in [9.17, 15) is 4.79 Å². The minimum Gasteiger partial charge on any atom is -0.300 e. The summed E-state index contributed by atoms with van der Waals surface area (Å²) in [6.07, 6.45) is 12.9. The Kier molecular flexibility index (Phi) is 7.51. The lowest BCUT2D eigenvalue weighted by atomic mass is 9.52. The molecule has 3 nitrogen and oxygen atoms in total. The first-order valence-electron chi connectivity index (χ1n) is 13.1. The SMILES string of the molecule is CC(C)CCC[C@@H](C)[C@H]1CC[C@H]2[C@@H]3CCC(=O)C[C@H](I)[C@H]4C[C@@](C)(OO4)[C@H]3CC[C@]12C. The second-order valence-electron chi connectivity index (χ2n) is 12.4. The lowest BCUT2D eigenvalue weighted by molar-refractivity contribution is -0.338. The summed E-state index contributed by atoms with van der Waals surface area (Å²) in [5, 5.41) is 0. The van der Waals surface area contributed by atoms with E-state index in [0.29, 0.717) is 29.5 Å². The van der Waals surface area contributed by atoms with E-state index in [-0.39, 0.29) is 15.6 Å². The number of ketones is 1. The fourth-order valence-electron chi connectivity index (χ4n) is 8.29. The average Bonchev–Trinajstić information content (AvgIpc) is 3.26. The van der Waals surface area contributed by atoms with Crippen LogP contribution < -0.4 is 0 Å². The molecule has 0 spiro atoms. The van der Waals surface area contributed by atoms with Crippen molar-refractivity contribution < 1.29 is 14.6 Å². The van der Waals surface area contributed by atoms with E-state index >= 15 is 0 Å². The molecule has 4 heteroatoms. The molecule has 0 N–H and O–H groups in total. The summed E-state index contributed by atoms with van der Waals surface area (Å²) in [6.45, 7) is 12.1. The van der Waals surface area contributed by atoms with Crippen LogP contribution in [0.25, 0.3) is 0 Å². The van der Waals surface area contributed by atoms with Gasteiger partial charge in [0.05, 0.1) is 0 Å². The summed E-state index contributed by atoms with van der Waals surface area (Å²) in [5.41, 5.74) is 0.258. The molecule has 0 amide bonds. The highest BCUT2D eigenvalue weighted by Gasteiger charge is 2.59. The van der Waals surface area contributed by atoms with Crippen LogP contribution in [0.15, 0.2) is 0 Å². The third-order valence-electron chi connectivity index (χ3n) is 9.97. The Morgan fingerprint density at radius 3 is 2.58 bits per heavy atom. The highest BCUT2D eigenvalue weighted by Crippen LogP contribution is 2.64. The number of halogens is 1. The number of alkyl halides is 1. The largest absolute Gasteiger partial charge is 0.300 e. The van der Waals surface area contributed by atoms with Crippen molar-refractivity contribution in [2.75, 3.05) is 0 Å². The number of carbonyl (C=O) groups excluding carboxylic acids is 1. The van der Waals surface area contributed by atoms with Crippen molar-refractivity contribution in [3.63, 3.8) is 0 Å². The topological polar surface area (TPSA) is 35.5 Å². The zero-order chi connectivity index (χ0) is 22.4. The summed E-state index contributed by atoms with van der Waals surface area (Å²) in [6, 6.07) is 0. The summed E-state index contributed by atoms with van der Waals surface area (Å²) >= 11 is 2.41. The molecule has 1 saturated heterocycles. The van der Waals surface area contributed by atoms with Crippen LogP contribution in [-0.4, -0.2) is 21.4 Å². The minimum atomic E-state index is -0.179. The van der Waals surface area contributed by atoms with Crippen LogP contribution in [0, 0.1) is 40.9 Å². The molecule has 2 bridgehead atoms. The van der Waals surface area contributed by atoms with Crippen LogP contribution >= 0.6 is 22.6 Å². The summed E-state index contributed by atoms with van der Waals surface area (Å²) < 4.78 is 0.236. The first kappa shape index (κ1) is 24.4. The third kappa shape index (κ3) is 4.78. The molecular weight excluding hydrogens is 499 g/mol. The zero-order valence-electron chi connectivity index (χ0n) is 20.5. The van der Waals surface area contributed by atoms with Crippen molar-refractivity contribution in [3.05, 3.63) is 0 Å². The Hall–Kier alpha value is 0.320. The number of carbonyl (C=O) groups is 1. The van der Waals surface area contributed by atoms with Gasteiger partial charge in [-0.15, -0.1) is 0 Å². The summed E-state index contributed by atoms with van der Waals surface area (Å²) in [7, 11) is 0.